The topological polar surface area (TPSA) is 34.1 Å². The summed E-state index contributed by atoms with van der Waals surface area (Å²) in [6.45, 7) is 0. The number of hydrogen-bond acceptors (Lipinski definition) is 2. The second-order valence-corrected chi connectivity index (χ2v) is 0.250. The smallest absolute Gasteiger partial charge is 0.241 e. The Morgan fingerprint density at radius 3 is 1.25 bits per heavy atom. The molecule has 0 aromatic carbocycles. The maximum atomic E-state index is 8.40. The molecule has 0 rings (SSSR count). The molecule has 0 saturated heterocycles. The standard InChI is InChI=1S/Fe.HO2P/c;1-3-2/h;3H. The van der Waals surface area contributed by atoms with Crippen molar-refractivity contribution in [1.82, 2.24) is 0 Å². The Kier molecular flexibility index (Phi) is 21.9. The summed E-state index contributed by atoms with van der Waals surface area (Å²) in [6, 6.07) is 0. The van der Waals surface area contributed by atoms with E-state index < -0.39 is 8.34 Å². The first-order chi connectivity index (χ1) is 1.41. The Morgan fingerprint density at radius 1 is 1.25 bits per heavy atom. The van der Waals surface area contributed by atoms with Crippen molar-refractivity contribution >= 4 is 8.34 Å². The van der Waals surface area contributed by atoms with E-state index in [4.69, 9.17) is 9.13 Å². The molecule has 0 fully saturated rings. The third-order valence-electron chi connectivity index (χ3n) is 0. The Bertz CT molecular complexity index is 27.0. The van der Waals surface area contributed by atoms with Crippen LogP contribution < -0.4 is 0 Å². The molecule has 26 valence electrons. The van der Waals surface area contributed by atoms with Crippen LogP contribution in [0.2, 0.25) is 0 Å². The van der Waals surface area contributed by atoms with E-state index in [0.29, 0.717) is 0 Å². The van der Waals surface area contributed by atoms with Crippen LogP contribution in [0.5, 0.6) is 0 Å². The van der Waals surface area contributed by atoms with Crippen LogP contribution >= 0.6 is 8.34 Å². The Hall–Kier alpha value is 0.419. The van der Waals surface area contributed by atoms with Gasteiger partial charge in [0.15, 0.2) is 0 Å². The fourth-order valence-corrected chi connectivity index (χ4v) is 0. The monoisotopic (exact) mass is 120 g/mol. The van der Waals surface area contributed by atoms with Gasteiger partial charge in [-0.1, -0.05) is 0 Å². The summed E-state index contributed by atoms with van der Waals surface area (Å²) in [5.74, 6) is 0. The van der Waals surface area contributed by atoms with Crippen molar-refractivity contribution in [2.24, 2.45) is 0 Å². The molecule has 0 N–H and O–H groups in total. The maximum absolute atomic E-state index is 8.40. The molecule has 0 heterocycles. The van der Waals surface area contributed by atoms with Crippen LogP contribution in [0.1, 0.15) is 0 Å². The number of hydrogen-bond donors (Lipinski definition) is 0. The zero-order chi connectivity index (χ0) is 2.71. The zero-order valence-electron chi connectivity index (χ0n) is 1.67. The predicted molar refractivity (Wildman–Crippen MR) is 9.69 cm³/mol. The first-order valence-electron chi connectivity index (χ1n) is 0.408. The summed E-state index contributed by atoms with van der Waals surface area (Å²) in [4.78, 5) is 0. The Labute approximate surface area is 35.3 Å². The Balaban J connectivity index is 0. The fourth-order valence-electron chi connectivity index (χ4n) is 0. The molecule has 0 aliphatic rings. The maximum Gasteiger partial charge on any atom is 0.303 e. The largest absolute Gasteiger partial charge is 0.303 e. The molecule has 0 aliphatic heterocycles. The third kappa shape index (κ3) is 27.7. The van der Waals surface area contributed by atoms with E-state index >= 15 is 0 Å². The molecule has 0 bridgehead atoms. The van der Waals surface area contributed by atoms with Crippen molar-refractivity contribution in [3.8, 4) is 0 Å². The van der Waals surface area contributed by atoms with E-state index in [0.717, 1.165) is 0 Å². The van der Waals surface area contributed by atoms with Gasteiger partial charge >= 0.3 is 8.34 Å². The predicted octanol–water partition coefficient (Wildman–Crippen LogP) is 0.353. The van der Waals surface area contributed by atoms with E-state index in [9.17, 15) is 0 Å². The molecule has 0 unspecified atom stereocenters. The fraction of sp³-hybridized carbons (Fsp3) is 0. The van der Waals surface area contributed by atoms with Gasteiger partial charge in [0.1, 0.15) is 0 Å². The van der Waals surface area contributed by atoms with Crippen molar-refractivity contribution in [3.05, 3.63) is 0 Å². The van der Waals surface area contributed by atoms with Gasteiger partial charge in [-0.05, 0) is 0 Å². The van der Waals surface area contributed by atoms with Crippen molar-refractivity contribution in [3.63, 3.8) is 0 Å². The van der Waals surface area contributed by atoms with Gasteiger partial charge in [0.2, 0.25) is 0 Å². The van der Waals surface area contributed by atoms with Gasteiger partial charge < -0.3 is 0 Å². The molecule has 0 amide bonds. The van der Waals surface area contributed by atoms with Crippen LogP contribution in [0.15, 0.2) is 0 Å². The molecule has 0 radical (unpaired) electrons. The summed E-state index contributed by atoms with van der Waals surface area (Å²) >= 11 is 0. The molecule has 0 aliphatic carbocycles. The zero-order valence-corrected chi connectivity index (χ0v) is 3.77. The first kappa shape index (κ1) is 8.83. The van der Waals surface area contributed by atoms with Gasteiger partial charge in [-0.2, -0.15) is 0 Å². The summed E-state index contributed by atoms with van der Waals surface area (Å²) in [6.07, 6.45) is 0. The molecule has 4 heavy (non-hydrogen) atoms. The molecule has 0 saturated carbocycles. The second kappa shape index (κ2) is 9.93. The van der Waals surface area contributed by atoms with Gasteiger partial charge in [-0.3, -0.25) is 0 Å². The molecular weight excluding hydrogens is 119 g/mol. The van der Waals surface area contributed by atoms with E-state index in [-0.39, 0.29) is 17.1 Å². The van der Waals surface area contributed by atoms with Crippen LogP contribution in [0.25, 0.3) is 0 Å². The molecule has 0 aromatic heterocycles. The SMILES string of the molecule is O=[PH]=O.[Fe]. The minimum Gasteiger partial charge on any atom is -0.241 e. The van der Waals surface area contributed by atoms with Crippen LogP contribution in [-0.4, -0.2) is 0 Å². The van der Waals surface area contributed by atoms with E-state index in [1.807, 2.05) is 0 Å². The van der Waals surface area contributed by atoms with Crippen LogP contribution in [0.4, 0.5) is 0 Å². The van der Waals surface area contributed by atoms with E-state index in [1.165, 1.54) is 0 Å². The minimum absolute atomic E-state index is 0. The summed E-state index contributed by atoms with van der Waals surface area (Å²) in [5, 5.41) is 0. The molecule has 0 aromatic rings. The number of rotatable bonds is 0. The molecule has 0 spiro atoms. The summed E-state index contributed by atoms with van der Waals surface area (Å²) < 4.78 is 16.8. The molecule has 4 heteroatoms. The van der Waals surface area contributed by atoms with Crippen LogP contribution in [0, 0.1) is 0 Å². The van der Waals surface area contributed by atoms with Crippen molar-refractivity contribution in [2.45, 2.75) is 0 Å². The van der Waals surface area contributed by atoms with Crippen molar-refractivity contribution in [1.29, 1.82) is 0 Å². The van der Waals surface area contributed by atoms with E-state index in [1.54, 1.807) is 0 Å². The first-order valence-corrected chi connectivity index (χ1v) is 1.22. The summed E-state index contributed by atoms with van der Waals surface area (Å²) in [5.41, 5.74) is 0. The van der Waals surface area contributed by atoms with Gasteiger partial charge in [-0.25, -0.2) is 9.13 Å². The normalized spacial score (nSPS) is 3.00. The van der Waals surface area contributed by atoms with Gasteiger partial charge in [0.05, 0.1) is 0 Å². The molecule has 0 atom stereocenters. The van der Waals surface area contributed by atoms with Gasteiger partial charge in [-0.15, -0.1) is 0 Å². The second-order valence-electron chi connectivity index (χ2n) is 0.0833. The average Bonchev–Trinajstić information content (AvgIpc) is 0.918. The van der Waals surface area contributed by atoms with Crippen molar-refractivity contribution in [2.75, 3.05) is 0 Å². The average molecular weight is 120 g/mol. The van der Waals surface area contributed by atoms with Crippen LogP contribution in [-0.2, 0) is 26.2 Å². The summed E-state index contributed by atoms with van der Waals surface area (Å²) in [7, 11) is -1.42. The molecular formula is HFeO2P. The quantitative estimate of drug-likeness (QED) is 0.341. The van der Waals surface area contributed by atoms with Gasteiger partial charge in [0.25, 0.3) is 0 Å². The van der Waals surface area contributed by atoms with E-state index in [2.05, 4.69) is 0 Å². The molecule has 2 nitrogen and oxygen atoms in total. The van der Waals surface area contributed by atoms with Crippen molar-refractivity contribution < 1.29 is 26.2 Å². The third-order valence-corrected chi connectivity index (χ3v) is 0. The minimum atomic E-state index is -1.42. The van der Waals surface area contributed by atoms with Crippen LogP contribution in [0.3, 0.4) is 0 Å². The van der Waals surface area contributed by atoms with Gasteiger partial charge in [0, 0.05) is 17.1 Å². The Morgan fingerprint density at radius 2 is 1.25 bits per heavy atom.